The molecule has 36 heavy (non-hydrogen) atoms. The van der Waals surface area contributed by atoms with Crippen LogP contribution in [0.5, 0.6) is 0 Å². The lowest BCUT2D eigenvalue weighted by molar-refractivity contribution is 0.590. The molecule has 0 spiro atoms. The highest BCUT2D eigenvalue weighted by atomic mass is 31.2. The van der Waals surface area contributed by atoms with E-state index in [1.54, 1.807) is 12.9 Å². The Morgan fingerprint density at radius 2 is 1.39 bits per heavy atom. The van der Waals surface area contributed by atoms with Crippen LogP contribution in [0.4, 0.5) is 0 Å². The predicted octanol–water partition coefficient (Wildman–Crippen LogP) is 6.80. The fraction of sp³-hybridized carbons (Fsp3) is 0.0968. The van der Waals surface area contributed by atoms with Gasteiger partial charge in [-0.25, -0.2) is 4.98 Å². The standard InChI is InChI=1S/C31H26N3OP/c1-21-13-15-32-30(17-21)34-28-10-5-4-9-26(28)27-12-11-24(20-29(27)34)23-7-6-8-25(19-23)36(3,35)31-18-22(2)14-16-33-31/h4-20H,1-3H3. The average molecular weight is 488 g/mol. The number of aryl methyl sites for hydroxylation is 2. The summed E-state index contributed by atoms with van der Waals surface area (Å²) in [6.45, 7) is 5.89. The van der Waals surface area contributed by atoms with Gasteiger partial charge in [0.1, 0.15) is 11.3 Å². The summed E-state index contributed by atoms with van der Waals surface area (Å²) in [6, 6.07) is 31.0. The van der Waals surface area contributed by atoms with E-state index < -0.39 is 7.14 Å². The molecular formula is C31H26N3OP. The second-order valence-corrected chi connectivity index (χ2v) is 12.3. The van der Waals surface area contributed by atoms with Crippen LogP contribution >= 0.6 is 7.14 Å². The average Bonchev–Trinajstić information content (AvgIpc) is 3.22. The van der Waals surface area contributed by atoms with Gasteiger partial charge in [0.15, 0.2) is 7.14 Å². The van der Waals surface area contributed by atoms with Crippen molar-refractivity contribution in [2.45, 2.75) is 13.8 Å². The largest absolute Gasteiger partial charge is 0.312 e. The molecule has 0 amide bonds. The molecular weight excluding hydrogens is 461 g/mol. The number of nitrogens with zero attached hydrogens (tertiary/aromatic N) is 3. The first-order valence-corrected chi connectivity index (χ1v) is 14.2. The molecule has 0 radical (unpaired) electrons. The lowest BCUT2D eigenvalue weighted by Crippen LogP contribution is -2.18. The Morgan fingerprint density at radius 1 is 0.667 bits per heavy atom. The summed E-state index contributed by atoms with van der Waals surface area (Å²) in [5, 5.41) is 3.18. The molecule has 5 heteroatoms. The summed E-state index contributed by atoms with van der Waals surface area (Å²) in [5.74, 6) is 0.899. The molecule has 0 aliphatic carbocycles. The Morgan fingerprint density at radius 3 is 2.19 bits per heavy atom. The van der Waals surface area contributed by atoms with Crippen LogP contribution in [-0.2, 0) is 4.57 Å². The third kappa shape index (κ3) is 3.75. The van der Waals surface area contributed by atoms with Crippen LogP contribution < -0.4 is 10.7 Å². The Hall–Kier alpha value is -4.01. The van der Waals surface area contributed by atoms with Crippen molar-refractivity contribution in [2.24, 2.45) is 0 Å². The van der Waals surface area contributed by atoms with Gasteiger partial charge >= 0.3 is 0 Å². The zero-order chi connectivity index (χ0) is 24.9. The molecule has 0 bridgehead atoms. The summed E-state index contributed by atoms with van der Waals surface area (Å²) in [4.78, 5) is 9.13. The van der Waals surface area contributed by atoms with Crippen molar-refractivity contribution in [1.82, 2.24) is 14.5 Å². The van der Waals surface area contributed by atoms with E-state index in [4.69, 9.17) is 4.98 Å². The van der Waals surface area contributed by atoms with E-state index in [0.29, 0.717) is 5.44 Å². The van der Waals surface area contributed by atoms with Gasteiger partial charge in [-0.1, -0.05) is 48.5 Å². The van der Waals surface area contributed by atoms with Gasteiger partial charge in [-0.15, -0.1) is 0 Å². The number of benzene rings is 3. The maximum absolute atomic E-state index is 13.9. The molecule has 3 aromatic heterocycles. The summed E-state index contributed by atoms with van der Waals surface area (Å²) in [7, 11) is -2.83. The third-order valence-corrected chi connectivity index (χ3v) is 9.20. The molecule has 1 unspecified atom stereocenters. The first-order valence-electron chi connectivity index (χ1n) is 12.0. The van der Waals surface area contributed by atoms with Gasteiger partial charge in [0, 0.05) is 28.5 Å². The van der Waals surface area contributed by atoms with E-state index in [1.165, 1.54) is 16.3 Å². The second-order valence-electron chi connectivity index (χ2n) is 9.44. The Kier molecular flexibility index (Phi) is 5.35. The van der Waals surface area contributed by atoms with Gasteiger partial charge in [-0.3, -0.25) is 9.55 Å². The Bertz CT molecular complexity index is 1820. The first kappa shape index (κ1) is 22.5. The van der Waals surface area contributed by atoms with Crippen LogP contribution in [0.1, 0.15) is 11.1 Å². The molecule has 3 heterocycles. The predicted molar refractivity (Wildman–Crippen MR) is 151 cm³/mol. The minimum Gasteiger partial charge on any atom is -0.312 e. The molecule has 1 atom stereocenters. The van der Waals surface area contributed by atoms with E-state index in [2.05, 4.69) is 71.1 Å². The van der Waals surface area contributed by atoms with Crippen LogP contribution in [0.15, 0.2) is 103 Å². The van der Waals surface area contributed by atoms with E-state index in [1.807, 2.05) is 49.5 Å². The highest BCUT2D eigenvalue weighted by molar-refractivity contribution is 7.77. The zero-order valence-corrected chi connectivity index (χ0v) is 21.4. The fourth-order valence-corrected chi connectivity index (χ4v) is 6.63. The number of aromatic nitrogens is 3. The zero-order valence-electron chi connectivity index (χ0n) is 20.5. The van der Waals surface area contributed by atoms with E-state index in [0.717, 1.165) is 38.8 Å². The van der Waals surface area contributed by atoms with Gasteiger partial charge in [-0.2, -0.15) is 0 Å². The lowest BCUT2D eigenvalue weighted by atomic mass is 10.0. The molecule has 6 rings (SSSR count). The van der Waals surface area contributed by atoms with Gasteiger partial charge in [0.25, 0.3) is 0 Å². The van der Waals surface area contributed by atoms with Gasteiger partial charge < -0.3 is 4.57 Å². The minimum atomic E-state index is -2.83. The van der Waals surface area contributed by atoms with Crippen LogP contribution in [0.3, 0.4) is 0 Å². The molecule has 0 aliphatic rings. The van der Waals surface area contributed by atoms with Crippen molar-refractivity contribution in [1.29, 1.82) is 0 Å². The number of pyridine rings is 2. The normalized spacial score (nSPS) is 13.2. The highest BCUT2D eigenvalue weighted by Crippen LogP contribution is 2.40. The number of rotatable bonds is 4. The van der Waals surface area contributed by atoms with Gasteiger partial charge in [0.05, 0.1) is 11.0 Å². The molecule has 3 aromatic carbocycles. The van der Waals surface area contributed by atoms with Gasteiger partial charge in [0.2, 0.25) is 0 Å². The Labute approximate surface area is 210 Å². The highest BCUT2D eigenvalue weighted by Gasteiger charge is 2.23. The molecule has 0 aliphatic heterocycles. The van der Waals surface area contributed by atoms with Crippen molar-refractivity contribution in [3.05, 3.63) is 115 Å². The van der Waals surface area contributed by atoms with Crippen LogP contribution in [0.2, 0.25) is 0 Å². The minimum absolute atomic E-state index is 0.640. The smallest absolute Gasteiger partial charge is 0.157 e. The quantitative estimate of drug-likeness (QED) is 0.257. The first-order chi connectivity index (χ1) is 17.4. The lowest BCUT2D eigenvalue weighted by Gasteiger charge is -2.15. The maximum atomic E-state index is 13.9. The van der Waals surface area contributed by atoms with Crippen LogP contribution in [-0.4, -0.2) is 21.2 Å². The molecule has 0 fully saturated rings. The van der Waals surface area contributed by atoms with E-state index in [-0.39, 0.29) is 0 Å². The number of para-hydroxylation sites is 1. The SMILES string of the molecule is Cc1ccnc(-n2c3ccccc3c3ccc(-c4cccc(P(C)(=O)c5cc(C)ccn5)c4)cc32)c1. The summed E-state index contributed by atoms with van der Waals surface area (Å²) in [6.07, 6.45) is 3.59. The van der Waals surface area contributed by atoms with Crippen LogP contribution in [0, 0.1) is 13.8 Å². The topological polar surface area (TPSA) is 47.8 Å². The molecule has 4 nitrogen and oxygen atoms in total. The summed E-state index contributed by atoms with van der Waals surface area (Å²) < 4.78 is 16.1. The van der Waals surface area contributed by atoms with E-state index >= 15 is 0 Å². The van der Waals surface area contributed by atoms with Crippen molar-refractivity contribution in [3.63, 3.8) is 0 Å². The molecule has 6 aromatic rings. The van der Waals surface area contributed by atoms with Crippen LogP contribution in [0.25, 0.3) is 38.8 Å². The third-order valence-electron chi connectivity index (χ3n) is 6.81. The fourth-order valence-electron chi connectivity index (χ4n) is 4.88. The molecule has 0 N–H and O–H groups in total. The maximum Gasteiger partial charge on any atom is 0.157 e. The van der Waals surface area contributed by atoms with Crippen molar-refractivity contribution < 1.29 is 4.57 Å². The van der Waals surface area contributed by atoms with Crippen molar-refractivity contribution in [2.75, 3.05) is 6.66 Å². The van der Waals surface area contributed by atoms with E-state index in [9.17, 15) is 4.57 Å². The van der Waals surface area contributed by atoms with Gasteiger partial charge in [-0.05, 0) is 85.2 Å². The molecule has 0 saturated carbocycles. The second kappa shape index (κ2) is 8.58. The number of hydrogen-bond donors (Lipinski definition) is 0. The number of hydrogen-bond acceptors (Lipinski definition) is 3. The Balaban J connectivity index is 1.54. The number of fused-ring (bicyclic) bond motifs is 3. The molecule has 176 valence electrons. The summed E-state index contributed by atoms with van der Waals surface area (Å²) in [5.41, 5.74) is 7.17. The van der Waals surface area contributed by atoms with Crippen molar-refractivity contribution in [3.8, 4) is 16.9 Å². The molecule has 0 saturated heterocycles. The monoisotopic (exact) mass is 487 g/mol. The van der Waals surface area contributed by atoms with Crippen molar-refractivity contribution >= 4 is 39.7 Å². The summed E-state index contributed by atoms with van der Waals surface area (Å²) >= 11 is 0.